The summed E-state index contributed by atoms with van der Waals surface area (Å²) in [5, 5.41) is 4.57. The van der Waals surface area contributed by atoms with Crippen LogP contribution in [0.3, 0.4) is 0 Å². The molecule has 1 rings (SSSR count). The van der Waals surface area contributed by atoms with Crippen LogP contribution in [-0.2, 0) is 4.79 Å². The van der Waals surface area contributed by atoms with E-state index in [2.05, 4.69) is 5.32 Å². The predicted octanol–water partition coefficient (Wildman–Crippen LogP) is 0.163. The van der Waals surface area contributed by atoms with Crippen molar-refractivity contribution in [2.75, 3.05) is 19.6 Å². The molecule has 1 aliphatic heterocycles. The lowest BCUT2D eigenvalue weighted by Crippen LogP contribution is -2.62. The van der Waals surface area contributed by atoms with Gasteiger partial charge in [0, 0.05) is 25.6 Å². The molecule has 0 aromatic heterocycles. The first-order chi connectivity index (χ1) is 5.98. The van der Waals surface area contributed by atoms with Crippen LogP contribution < -0.4 is 10.6 Å². The smallest absolute Gasteiger partial charge is 0.156 e. The van der Waals surface area contributed by atoms with E-state index in [0.717, 1.165) is 6.54 Å². The Morgan fingerprint density at radius 1 is 1.58 bits per heavy atom. The van der Waals surface area contributed by atoms with Crippen LogP contribution in [0.5, 0.6) is 0 Å². The van der Waals surface area contributed by atoms with Crippen molar-refractivity contribution in [2.45, 2.75) is 26.3 Å². The zero-order chi connectivity index (χ0) is 10.1. The third kappa shape index (κ3) is 1.84. The van der Waals surface area contributed by atoms with Gasteiger partial charge in [-0.05, 0) is 6.92 Å². The van der Waals surface area contributed by atoms with Crippen LogP contribution in [0.4, 0.5) is 0 Å². The summed E-state index contributed by atoms with van der Waals surface area (Å²) in [6, 6.07) is 0. The molecule has 1 unspecified atom stereocenters. The molecule has 3 heteroatoms. The minimum Gasteiger partial charge on any atom is -0.313 e. The maximum Gasteiger partial charge on any atom is 0.156 e. The largest absolute Gasteiger partial charge is 0.313 e. The number of ketones is 1. The molecule has 0 aromatic rings. The molecule has 3 nitrogen and oxygen atoms in total. The van der Waals surface area contributed by atoms with Crippen LogP contribution in [0.1, 0.15) is 20.8 Å². The number of rotatable bonds is 2. The van der Waals surface area contributed by atoms with E-state index >= 15 is 0 Å². The Labute approximate surface area is 75.4 Å². The zero-order valence-corrected chi connectivity index (χ0v) is 8.05. The van der Waals surface area contributed by atoms with Crippen molar-refractivity contribution in [3.63, 3.8) is 0 Å². The molecule has 0 amide bonds. The third-order valence-electron chi connectivity index (χ3n) is 2.27. The number of carbonyl (C=O) groups is 1. The lowest BCUT2D eigenvalue weighted by molar-refractivity contribution is -0.128. The molecule has 1 fully saturated rings. The summed E-state index contributed by atoms with van der Waals surface area (Å²) >= 11 is 0. The fourth-order valence-electron chi connectivity index (χ4n) is 1.56. The Bertz CT molecular complexity index is 208. The van der Waals surface area contributed by atoms with E-state index in [-0.39, 0.29) is 11.7 Å². The van der Waals surface area contributed by atoms with E-state index < -0.39 is 5.54 Å². The Hall–Kier alpha value is -0.410. The molecular formula is C9H18N2O. The topological polar surface area (TPSA) is 41.1 Å². The summed E-state index contributed by atoms with van der Waals surface area (Å²) < 4.78 is 7.72. The van der Waals surface area contributed by atoms with Gasteiger partial charge >= 0.3 is 0 Å². The van der Waals surface area contributed by atoms with Crippen molar-refractivity contribution < 1.29 is 6.21 Å². The molecule has 1 atom stereocenters. The molecule has 0 bridgehead atoms. The average molecular weight is 171 g/mol. The third-order valence-corrected chi connectivity index (χ3v) is 2.27. The van der Waals surface area contributed by atoms with Crippen molar-refractivity contribution >= 4 is 5.78 Å². The highest BCUT2D eigenvalue weighted by Gasteiger charge is 2.35. The number of hydrogen-bond acceptors (Lipinski definition) is 3. The van der Waals surface area contributed by atoms with Gasteiger partial charge in [-0.2, -0.15) is 0 Å². The van der Waals surface area contributed by atoms with Crippen LogP contribution in [0, 0.1) is 5.92 Å². The van der Waals surface area contributed by atoms with E-state index in [0.29, 0.717) is 13.1 Å². The molecule has 12 heavy (non-hydrogen) atoms. The first kappa shape index (κ1) is 8.20. The minimum absolute atomic E-state index is 0.00208. The SMILES string of the molecule is [2H]N1CCNCC1(C)C(=O)C(C)C. The second-order valence-corrected chi connectivity index (χ2v) is 3.85. The van der Waals surface area contributed by atoms with Gasteiger partial charge in [-0.15, -0.1) is 0 Å². The van der Waals surface area contributed by atoms with Crippen LogP contribution in [0.25, 0.3) is 0 Å². The summed E-state index contributed by atoms with van der Waals surface area (Å²) in [6.45, 7) is 7.62. The quantitative estimate of drug-likeness (QED) is 0.622. The molecule has 70 valence electrons. The van der Waals surface area contributed by atoms with E-state index in [1.807, 2.05) is 20.8 Å². The molecule has 0 aliphatic carbocycles. The summed E-state index contributed by atoms with van der Waals surface area (Å²) in [5.41, 5.74) is -0.633. The Morgan fingerprint density at radius 2 is 2.25 bits per heavy atom. The minimum atomic E-state index is -0.633. The van der Waals surface area contributed by atoms with Crippen molar-refractivity contribution in [3.05, 3.63) is 0 Å². The van der Waals surface area contributed by atoms with Gasteiger partial charge in [-0.25, -0.2) is 0 Å². The fraction of sp³-hybridized carbons (Fsp3) is 0.889. The molecule has 1 aliphatic rings. The van der Waals surface area contributed by atoms with Gasteiger partial charge in [0.1, 0.15) is 1.41 Å². The standard InChI is InChI=1S/C9H18N2O/c1-7(2)8(12)9(3)6-10-4-5-11-9/h7,10-11H,4-6H2,1-3H3/i/hD. The van der Waals surface area contributed by atoms with Gasteiger partial charge in [0.15, 0.2) is 5.78 Å². The first-order valence-electron chi connectivity index (χ1n) is 4.95. The van der Waals surface area contributed by atoms with Crippen LogP contribution >= 0.6 is 0 Å². The maximum absolute atomic E-state index is 11.8. The highest BCUT2D eigenvalue weighted by Crippen LogP contribution is 2.12. The highest BCUT2D eigenvalue weighted by atomic mass is 16.1. The summed E-state index contributed by atoms with van der Waals surface area (Å²) in [6.07, 6.45) is 0. The number of hydrogen-bond donors (Lipinski definition) is 2. The van der Waals surface area contributed by atoms with Gasteiger partial charge in [0.25, 0.3) is 0 Å². The molecular weight excluding hydrogens is 152 g/mol. The fourth-order valence-corrected chi connectivity index (χ4v) is 1.56. The molecule has 2 N–H and O–H groups in total. The zero-order valence-electron chi connectivity index (χ0n) is 9.05. The van der Waals surface area contributed by atoms with E-state index in [1.165, 1.54) is 5.31 Å². The number of nitrogens with one attached hydrogen (secondary N) is 2. The van der Waals surface area contributed by atoms with E-state index in [1.54, 1.807) is 0 Å². The first-order valence-corrected chi connectivity index (χ1v) is 4.50. The Balaban J connectivity index is 2.77. The average Bonchev–Trinajstić information content (AvgIpc) is 2.09. The van der Waals surface area contributed by atoms with Crippen LogP contribution in [-0.4, -0.2) is 31.0 Å². The summed E-state index contributed by atoms with van der Waals surface area (Å²) in [7, 11) is 0. The Morgan fingerprint density at radius 3 is 2.75 bits per heavy atom. The summed E-state index contributed by atoms with van der Waals surface area (Å²) in [4.78, 5) is 11.8. The highest BCUT2D eigenvalue weighted by molar-refractivity contribution is 5.90. The van der Waals surface area contributed by atoms with Gasteiger partial charge < -0.3 is 10.6 Å². The molecule has 0 radical (unpaired) electrons. The number of Topliss-reactive ketones (excluding diaryl/α,β-unsaturated/α-hetero) is 1. The lowest BCUT2D eigenvalue weighted by Gasteiger charge is -2.35. The van der Waals surface area contributed by atoms with E-state index in [4.69, 9.17) is 1.41 Å². The lowest BCUT2D eigenvalue weighted by atomic mass is 9.88. The van der Waals surface area contributed by atoms with Gasteiger partial charge in [0.05, 0.1) is 5.54 Å². The monoisotopic (exact) mass is 171 g/mol. The Kier molecular flexibility index (Phi) is 2.42. The van der Waals surface area contributed by atoms with Crippen molar-refractivity contribution in [2.24, 2.45) is 5.92 Å². The number of carbonyl (C=O) groups excluding carboxylic acids is 1. The van der Waals surface area contributed by atoms with Gasteiger partial charge in [0.2, 0.25) is 0 Å². The van der Waals surface area contributed by atoms with Crippen LogP contribution in [0.2, 0.25) is 1.41 Å². The normalized spacial score (nSPS) is 33.5. The van der Waals surface area contributed by atoms with Crippen molar-refractivity contribution in [3.8, 4) is 0 Å². The molecule has 1 saturated heterocycles. The van der Waals surface area contributed by atoms with Gasteiger partial charge in [-0.3, -0.25) is 4.79 Å². The predicted molar refractivity (Wildman–Crippen MR) is 49.1 cm³/mol. The maximum atomic E-state index is 11.8. The number of piperazine rings is 1. The van der Waals surface area contributed by atoms with E-state index in [9.17, 15) is 4.79 Å². The molecule has 0 aromatic carbocycles. The molecule has 1 heterocycles. The van der Waals surface area contributed by atoms with Crippen LogP contribution in [0.15, 0.2) is 0 Å². The molecule has 0 spiro atoms. The molecule has 0 saturated carbocycles. The van der Waals surface area contributed by atoms with Crippen molar-refractivity contribution in [1.82, 2.24) is 10.6 Å². The second-order valence-electron chi connectivity index (χ2n) is 3.85. The second kappa shape index (κ2) is 3.54. The van der Waals surface area contributed by atoms with Gasteiger partial charge in [-0.1, -0.05) is 13.8 Å². The summed E-state index contributed by atoms with van der Waals surface area (Å²) in [5.74, 6) is 0.146. The van der Waals surface area contributed by atoms with Crippen molar-refractivity contribution in [1.29, 1.82) is 0 Å².